The quantitative estimate of drug-likeness (QED) is 0.221. The van der Waals surface area contributed by atoms with Gasteiger partial charge in [0.05, 0.1) is 0 Å². The van der Waals surface area contributed by atoms with Crippen molar-refractivity contribution >= 4 is 35.6 Å². The second-order valence-corrected chi connectivity index (χ2v) is 25.8. The number of hydrogen-bond donors (Lipinski definition) is 0. The molecule has 0 aromatic heterocycles. The maximum absolute atomic E-state index is 5.52. The molecular weight excluding hydrogens is 558 g/mol. The van der Waals surface area contributed by atoms with Gasteiger partial charge in [0, 0.05) is 0 Å². The van der Waals surface area contributed by atoms with Crippen LogP contribution in [0.5, 0.6) is 0 Å². The van der Waals surface area contributed by atoms with Crippen LogP contribution in [0.3, 0.4) is 0 Å². The molecule has 0 nitrogen and oxygen atoms in total. The molecule has 3 aromatic rings. The topological polar surface area (TPSA) is 0 Å². The van der Waals surface area contributed by atoms with E-state index >= 15 is 0 Å². The number of halogens is 2. The second-order valence-electron chi connectivity index (χ2n) is 11.7. The van der Waals surface area contributed by atoms with Crippen molar-refractivity contribution in [1.29, 1.82) is 0 Å². The van der Waals surface area contributed by atoms with E-state index in [1.165, 1.54) is 36.7 Å². The van der Waals surface area contributed by atoms with E-state index in [4.69, 9.17) is 4.21 Å². The average Bonchev–Trinajstić information content (AvgIpc) is 3.36. The standard InChI is InChI=1S/C13H9.C11H17.C6H5.C2H5.CH2.2ClH.Zr/c1-3-7-12-10(5-1)9-11-6-2-4-8-13(11)12;1-8-6-9(2)10(7-8)11(3,4)5;1-2-4-6-5-3-1;1-2;;;;/h1-5,7-8H,9H2;7-8H,1-5H3;1-5H;1H2,2H3;1H2;2*1H;. The fourth-order valence-corrected chi connectivity index (χ4v) is 24.0. The van der Waals surface area contributed by atoms with Crippen molar-refractivity contribution in [3.8, 4) is 11.1 Å². The first-order valence-corrected chi connectivity index (χ1v) is 20.0. The van der Waals surface area contributed by atoms with E-state index in [1.807, 2.05) is 0 Å². The Morgan fingerprint density at radius 2 is 1.47 bits per heavy atom. The molecule has 3 aromatic carbocycles. The van der Waals surface area contributed by atoms with Crippen molar-refractivity contribution in [3.63, 3.8) is 0 Å². The van der Waals surface area contributed by atoms with Gasteiger partial charge in [-0.05, 0) is 0 Å². The van der Waals surface area contributed by atoms with E-state index in [9.17, 15) is 0 Å². The molecule has 0 N–H and O–H groups in total. The number of hydrogen-bond acceptors (Lipinski definition) is 0. The van der Waals surface area contributed by atoms with Crippen LogP contribution in [-0.2, 0) is 24.7 Å². The van der Waals surface area contributed by atoms with E-state index in [1.54, 1.807) is 6.55 Å². The predicted molar refractivity (Wildman–Crippen MR) is 162 cm³/mol. The van der Waals surface area contributed by atoms with Gasteiger partial charge in [-0.25, -0.2) is 0 Å². The summed E-state index contributed by atoms with van der Waals surface area (Å²) >= 11 is -4.24. The molecule has 190 valence electrons. The summed E-state index contributed by atoms with van der Waals surface area (Å²) in [6.45, 7) is 14.3. The molecule has 0 heterocycles. The van der Waals surface area contributed by atoms with E-state index in [-0.39, 0.29) is 30.2 Å². The Labute approximate surface area is 231 Å². The van der Waals surface area contributed by atoms with Crippen LogP contribution < -0.4 is 6.54 Å². The Morgan fingerprint density at radius 3 is 2.08 bits per heavy atom. The third-order valence-electron chi connectivity index (χ3n) is 8.89. The maximum atomic E-state index is 5.52. The Hall–Kier alpha value is -1.53. The third kappa shape index (κ3) is 4.02. The van der Waals surface area contributed by atoms with Gasteiger partial charge in [0.25, 0.3) is 0 Å². The zero-order valence-electron chi connectivity index (χ0n) is 22.5. The first-order chi connectivity index (χ1) is 16.1. The normalized spacial score (nSPS) is 17.1. The van der Waals surface area contributed by atoms with Gasteiger partial charge in [-0.15, -0.1) is 24.8 Å². The fraction of sp³-hybridized carbons (Fsp3) is 0.303. The van der Waals surface area contributed by atoms with Crippen LogP contribution >= 0.6 is 24.8 Å². The Balaban J connectivity index is 0.00000180. The molecule has 5 rings (SSSR count). The minimum atomic E-state index is -4.24. The van der Waals surface area contributed by atoms with E-state index in [2.05, 4.69) is 120 Å². The summed E-state index contributed by atoms with van der Waals surface area (Å²) in [5, 5.41) is 0. The molecule has 0 saturated heterocycles. The molecule has 0 aliphatic heterocycles. The number of benzene rings is 3. The van der Waals surface area contributed by atoms with E-state index in [0.29, 0.717) is 5.92 Å². The monoisotopic (exact) mass is 596 g/mol. The molecule has 0 spiro atoms. The zero-order valence-corrected chi connectivity index (χ0v) is 26.6. The second kappa shape index (κ2) is 9.98. The van der Waals surface area contributed by atoms with Gasteiger partial charge < -0.3 is 0 Å². The number of fused-ring (bicyclic) bond motifs is 3. The summed E-state index contributed by atoms with van der Waals surface area (Å²) in [6, 6.07) is 27.5. The first-order valence-electron chi connectivity index (χ1n) is 12.8. The molecule has 1 unspecified atom stereocenters. The van der Waals surface area contributed by atoms with Crippen LogP contribution in [0.2, 0.25) is 4.13 Å². The molecule has 0 saturated carbocycles. The van der Waals surface area contributed by atoms with Gasteiger partial charge in [0.1, 0.15) is 0 Å². The molecule has 36 heavy (non-hydrogen) atoms. The Morgan fingerprint density at radius 1 is 0.861 bits per heavy atom. The van der Waals surface area contributed by atoms with Crippen molar-refractivity contribution < 1.29 is 18.3 Å². The van der Waals surface area contributed by atoms with Crippen LogP contribution in [-0.4, -0.2) is 4.21 Å². The van der Waals surface area contributed by atoms with Gasteiger partial charge in [0.15, 0.2) is 0 Å². The first kappa shape index (κ1) is 29.0. The van der Waals surface area contributed by atoms with Crippen LogP contribution in [0.15, 0.2) is 93.3 Å². The molecule has 0 bridgehead atoms. The van der Waals surface area contributed by atoms with Gasteiger partial charge in [0.2, 0.25) is 0 Å². The van der Waals surface area contributed by atoms with Crippen LogP contribution in [0, 0.1) is 11.3 Å². The van der Waals surface area contributed by atoms with Crippen molar-refractivity contribution in [2.24, 2.45) is 11.3 Å². The van der Waals surface area contributed by atoms with Crippen molar-refractivity contribution in [3.05, 3.63) is 104 Å². The summed E-state index contributed by atoms with van der Waals surface area (Å²) in [4.78, 5) is 0. The molecule has 0 radical (unpaired) electrons. The molecule has 0 fully saturated rings. The summed E-state index contributed by atoms with van der Waals surface area (Å²) in [7, 11) is 0. The molecular formula is C33H40Cl2Zr. The predicted octanol–water partition coefficient (Wildman–Crippen LogP) is 8.51. The van der Waals surface area contributed by atoms with Crippen molar-refractivity contribution in [2.45, 2.75) is 52.1 Å². The van der Waals surface area contributed by atoms with Crippen LogP contribution in [0.1, 0.15) is 52.7 Å². The molecule has 2 aliphatic carbocycles. The fourth-order valence-electron chi connectivity index (χ4n) is 7.36. The molecule has 0 amide bonds. The van der Waals surface area contributed by atoms with E-state index < -0.39 is 18.3 Å². The summed E-state index contributed by atoms with van der Waals surface area (Å²) in [6.07, 6.45) is 3.58. The third-order valence-corrected chi connectivity index (χ3v) is 26.6. The van der Waals surface area contributed by atoms with Gasteiger partial charge in [-0.3, -0.25) is 0 Å². The SMILES string of the molecule is Cl.Cl.[CH2]=[Zr]([CH2]C)([C]1=C(C)C(C(C)(C)C)=CC1C)([c]1ccccc1)[c]1cccc2c1Cc1ccccc1-2. The van der Waals surface area contributed by atoms with Crippen LogP contribution in [0.4, 0.5) is 0 Å². The van der Waals surface area contributed by atoms with Crippen LogP contribution in [0.25, 0.3) is 11.1 Å². The number of rotatable bonds is 4. The van der Waals surface area contributed by atoms with Crippen molar-refractivity contribution in [1.82, 2.24) is 0 Å². The van der Waals surface area contributed by atoms with E-state index in [0.717, 1.165) is 10.5 Å². The van der Waals surface area contributed by atoms with Crippen molar-refractivity contribution in [2.75, 3.05) is 0 Å². The zero-order chi connectivity index (χ0) is 24.3. The molecule has 1 atom stereocenters. The average molecular weight is 599 g/mol. The van der Waals surface area contributed by atoms with Gasteiger partial charge in [-0.1, -0.05) is 0 Å². The number of allylic oxidation sites excluding steroid dienone is 4. The molecule has 2 aliphatic rings. The Kier molecular flexibility index (Phi) is 8.05. The minimum absolute atomic E-state index is 0. The van der Waals surface area contributed by atoms with Gasteiger partial charge >= 0.3 is 208 Å². The Bertz CT molecular complexity index is 1420. The summed E-state index contributed by atoms with van der Waals surface area (Å²) in [5.74, 6) is 0.414. The molecule has 3 heteroatoms. The summed E-state index contributed by atoms with van der Waals surface area (Å²) in [5.41, 5.74) is 8.98. The van der Waals surface area contributed by atoms with Gasteiger partial charge in [-0.2, -0.15) is 0 Å². The summed E-state index contributed by atoms with van der Waals surface area (Å²) < 4.78 is 11.4.